The molecule has 126 valence electrons. The number of carbonyl (C=O) groups is 2. The summed E-state index contributed by atoms with van der Waals surface area (Å²) >= 11 is 0. The molecule has 24 heavy (non-hydrogen) atoms. The van der Waals surface area contributed by atoms with Gasteiger partial charge in [0, 0.05) is 12.0 Å². The lowest BCUT2D eigenvalue weighted by Gasteiger charge is -2.18. The Kier molecular flexibility index (Phi) is 4.41. The van der Waals surface area contributed by atoms with Gasteiger partial charge < -0.3 is 5.32 Å². The van der Waals surface area contributed by atoms with E-state index in [1.165, 1.54) is 5.56 Å². The lowest BCUT2D eigenvalue weighted by molar-refractivity contribution is -0.124. The van der Waals surface area contributed by atoms with E-state index in [0.29, 0.717) is 24.5 Å². The van der Waals surface area contributed by atoms with E-state index in [4.69, 9.17) is 0 Å². The number of hydrogen-bond acceptors (Lipinski definition) is 3. The van der Waals surface area contributed by atoms with Crippen molar-refractivity contribution in [1.29, 1.82) is 0 Å². The van der Waals surface area contributed by atoms with Crippen LogP contribution in [0.2, 0.25) is 0 Å². The first-order chi connectivity index (χ1) is 11.5. The lowest BCUT2D eigenvalue weighted by Crippen LogP contribution is -2.31. The van der Waals surface area contributed by atoms with Crippen molar-refractivity contribution >= 4 is 33.1 Å². The quantitative estimate of drug-likeness (QED) is 0.670. The average Bonchev–Trinajstić information content (AvgIpc) is 3.10. The molecule has 7 heteroatoms. The number of nitrogens with zero attached hydrogens (tertiary/aromatic N) is 3. The molecule has 0 radical (unpaired) electrons. The van der Waals surface area contributed by atoms with Crippen LogP contribution in [0.3, 0.4) is 0 Å². The van der Waals surface area contributed by atoms with Crippen LogP contribution in [0.1, 0.15) is 25.8 Å². The highest BCUT2D eigenvalue weighted by Crippen LogP contribution is 2.36. The number of anilines is 2. The molecule has 1 aromatic heterocycles. The summed E-state index contributed by atoms with van der Waals surface area (Å²) < 4.78 is 1.69. The SMILES string of the molecule is CC1(C)CCN(c2nn(-c3ccc(CP)cc3)cc2NC=O)C1=O. The predicted molar refractivity (Wildman–Crippen MR) is 97.4 cm³/mol. The van der Waals surface area contributed by atoms with Gasteiger partial charge in [0.2, 0.25) is 12.3 Å². The molecule has 1 aromatic carbocycles. The van der Waals surface area contributed by atoms with Gasteiger partial charge in [-0.05, 0) is 30.3 Å². The first-order valence-corrected chi connectivity index (χ1v) is 8.69. The second-order valence-electron chi connectivity index (χ2n) is 6.53. The van der Waals surface area contributed by atoms with E-state index in [2.05, 4.69) is 19.7 Å². The average molecular weight is 344 g/mol. The highest BCUT2D eigenvalue weighted by atomic mass is 31.0. The molecule has 1 aliphatic heterocycles. The number of rotatable bonds is 5. The van der Waals surface area contributed by atoms with Gasteiger partial charge in [0.25, 0.3) is 0 Å². The van der Waals surface area contributed by atoms with Crippen LogP contribution < -0.4 is 10.2 Å². The molecule has 1 N–H and O–H groups in total. The van der Waals surface area contributed by atoms with Gasteiger partial charge in [0.05, 0.1) is 11.9 Å². The number of amides is 2. The molecule has 2 aromatic rings. The van der Waals surface area contributed by atoms with E-state index < -0.39 is 5.41 Å². The fraction of sp³-hybridized carbons (Fsp3) is 0.353. The van der Waals surface area contributed by atoms with E-state index in [1.54, 1.807) is 15.8 Å². The van der Waals surface area contributed by atoms with Crippen molar-refractivity contribution in [3.05, 3.63) is 36.0 Å². The number of nitrogens with one attached hydrogen (secondary N) is 1. The van der Waals surface area contributed by atoms with E-state index >= 15 is 0 Å². The normalized spacial score (nSPS) is 16.5. The van der Waals surface area contributed by atoms with Crippen LogP contribution >= 0.6 is 9.24 Å². The summed E-state index contributed by atoms with van der Waals surface area (Å²) in [6, 6.07) is 7.99. The Morgan fingerprint density at radius 1 is 1.33 bits per heavy atom. The van der Waals surface area contributed by atoms with Crippen LogP contribution in [0, 0.1) is 5.41 Å². The van der Waals surface area contributed by atoms with E-state index in [-0.39, 0.29) is 5.91 Å². The van der Waals surface area contributed by atoms with Crippen molar-refractivity contribution in [3.63, 3.8) is 0 Å². The van der Waals surface area contributed by atoms with Gasteiger partial charge in [0.15, 0.2) is 5.82 Å². The van der Waals surface area contributed by atoms with Crippen LogP contribution in [0.15, 0.2) is 30.5 Å². The molecule has 1 aliphatic rings. The van der Waals surface area contributed by atoms with Gasteiger partial charge in [-0.2, -0.15) is 0 Å². The molecule has 3 rings (SSSR count). The molecule has 0 aliphatic carbocycles. The first-order valence-electron chi connectivity index (χ1n) is 7.87. The van der Waals surface area contributed by atoms with Crippen molar-refractivity contribution in [2.45, 2.75) is 26.4 Å². The third kappa shape index (κ3) is 2.94. The minimum Gasteiger partial charge on any atom is -0.324 e. The molecule has 1 atom stereocenters. The molecular weight excluding hydrogens is 323 g/mol. The Hall–Kier alpha value is -2.20. The fourth-order valence-corrected chi connectivity index (χ4v) is 3.09. The second kappa shape index (κ2) is 6.36. The summed E-state index contributed by atoms with van der Waals surface area (Å²) in [7, 11) is 2.69. The maximum atomic E-state index is 12.6. The Balaban J connectivity index is 1.99. The zero-order valence-corrected chi connectivity index (χ0v) is 15.0. The molecule has 6 nitrogen and oxygen atoms in total. The van der Waals surface area contributed by atoms with Crippen molar-refractivity contribution in [1.82, 2.24) is 9.78 Å². The highest BCUT2D eigenvalue weighted by Gasteiger charge is 2.41. The molecule has 0 bridgehead atoms. The Bertz CT molecular complexity index is 767. The van der Waals surface area contributed by atoms with Crippen molar-refractivity contribution in [3.8, 4) is 5.69 Å². The van der Waals surface area contributed by atoms with E-state index in [1.807, 2.05) is 38.1 Å². The topological polar surface area (TPSA) is 67.2 Å². The van der Waals surface area contributed by atoms with Crippen LogP contribution in [0.25, 0.3) is 5.69 Å². The van der Waals surface area contributed by atoms with Gasteiger partial charge in [-0.1, -0.05) is 26.0 Å². The molecule has 2 heterocycles. The van der Waals surface area contributed by atoms with Crippen LogP contribution in [-0.2, 0) is 15.8 Å². The van der Waals surface area contributed by atoms with Crippen LogP contribution in [0.4, 0.5) is 11.5 Å². The smallest absolute Gasteiger partial charge is 0.233 e. The molecule has 0 spiro atoms. The molecule has 2 amide bonds. The first kappa shape index (κ1) is 16.7. The van der Waals surface area contributed by atoms with Gasteiger partial charge in [0.1, 0.15) is 5.69 Å². The third-order valence-electron chi connectivity index (χ3n) is 4.39. The minimum absolute atomic E-state index is 0.0278. The third-order valence-corrected chi connectivity index (χ3v) is 4.86. The molecular formula is C17H21N4O2P. The predicted octanol–water partition coefficient (Wildman–Crippen LogP) is 2.58. The Morgan fingerprint density at radius 3 is 2.58 bits per heavy atom. The maximum absolute atomic E-state index is 12.6. The van der Waals surface area contributed by atoms with Crippen molar-refractivity contribution in [2.75, 3.05) is 16.8 Å². The minimum atomic E-state index is -0.400. The Morgan fingerprint density at radius 2 is 2.04 bits per heavy atom. The van der Waals surface area contributed by atoms with Crippen molar-refractivity contribution < 1.29 is 9.59 Å². The van der Waals surface area contributed by atoms with Crippen LogP contribution in [-0.4, -0.2) is 28.6 Å². The number of carbonyl (C=O) groups excluding carboxylic acids is 2. The Labute approximate surface area is 143 Å². The van der Waals surface area contributed by atoms with Gasteiger partial charge >= 0.3 is 0 Å². The monoisotopic (exact) mass is 344 g/mol. The van der Waals surface area contributed by atoms with E-state index in [0.717, 1.165) is 18.3 Å². The zero-order chi connectivity index (χ0) is 17.3. The highest BCUT2D eigenvalue weighted by molar-refractivity contribution is 7.15. The second-order valence-corrected chi connectivity index (χ2v) is 6.94. The molecule has 1 saturated heterocycles. The number of aromatic nitrogens is 2. The molecule has 0 saturated carbocycles. The summed E-state index contributed by atoms with van der Waals surface area (Å²) in [4.78, 5) is 25.1. The summed E-state index contributed by atoms with van der Waals surface area (Å²) in [5.74, 6) is 0.521. The summed E-state index contributed by atoms with van der Waals surface area (Å²) in [6.45, 7) is 4.46. The maximum Gasteiger partial charge on any atom is 0.233 e. The fourth-order valence-electron chi connectivity index (χ4n) is 2.81. The summed E-state index contributed by atoms with van der Waals surface area (Å²) in [5.41, 5.74) is 2.22. The molecule has 1 fully saturated rings. The van der Waals surface area contributed by atoms with Crippen LogP contribution in [0.5, 0.6) is 0 Å². The molecule has 1 unspecified atom stereocenters. The zero-order valence-electron chi connectivity index (χ0n) is 13.8. The van der Waals surface area contributed by atoms with Gasteiger partial charge in [-0.3, -0.25) is 14.5 Å². The number of hydrogen-bond donors (Lipinski definition) is 1. The van der Waals surface area contributed by atoms with E-state index in [9.17, 15) is 9.59 Å². The summed E-state index contributed by atoms with van der Waals surface area (Å²) in [5, 5.41) is 7.20. The lowest BCUT2D eigenvalue weighted by atomic mass is 9.92. The summed E-state index contributed by atoms with van der Waals surface area (Å²) in [6.07, 6.45) is 3.99. The standard InChI is InChI=1S/C17H21N4O2P/c1-17(2)7-8-20(16(17)23)15-14(18-11-22)9-21(19-15)13-5-3-12(10-24)4-6-13/h3-6,9,11H,7-8,10,24H2,1-2H3,(H,18,22). The van der Waals surface area contributed by atoms with Gasteiger partial charge in [-0.25, -0.2) is 4.68 Å². The largest absolute Gasteiger partial charge is 0.324 e. The van der Waals surface area contributed by atoms with Crippen molar-refractivity contribution in [2.24, 2.45) is 5.41 Å². The number of benzene rings is 1. The van der Waals surface area contributed by atoms with Gasteiger partial charge in [-0.15, -0.1) is 14.3 Å².